The molecule has 2 N–H and O–H groups in total. The normalized spacial score (nSPS) is 10.7. The molecule has 0 heterocycles. The molecule has 0 fully saturated rings. The molecule has 0 bridgehead atoms. The molecule has 4 heteroatoms. The predicted octanol–water partition coefficient (Wildman–Crippen LogP) is 3.89. The molecule has 0 aromatic heterocycles. The molecule has 3 nitrogen and oxygen atoms in total. The molecular weight excluding hydrogens is 269 g/mol. The van der Waals surface area contributed by atoms with Crippen molar-refractivity contribution in [2.24, 2.45) is 0 Å². The van der Waals surface area contributed by atoms with E-state index in [1.54, 1.807) is 0 Å². The van der Waals surface area contributed by atoms with Crippen LogP contribution in [0.2, 0.25) is 0 Å². The zero-order valence-corrected chi connectivity index (χ0v) is 12.1. The first-order valence-corrected chi connectivity index (χ1v) is 6.78. The van der Waals surface area contributed by atoms with Gasteiger partial charge in [-0.15, -0.1) is 0 Å². The molecule has 0 saturated carbocycles. The fourth-order valence-electron chi connectivity index (χ4n) is 1.94. The van der Waals surface area contributed by atoms with E-state index in [2.05, 4.69) is 13.8 Å². The highest BCUT2D eigenvalue weighted by molar-refractivity contribution is 5.94. The molecule has 0 aliphatic carbocycles. The molecule has 0 unspecified atom stereocenters. The number of hydrogen-bond donors (Lipinski definition) is 1. The van der Waals surface area contributed by atoms with Gasteiger partial charge in [0, 0.05) is 5.69 Å². The quantitative estimate of drug-likeness (QED) is 0.685. The highest BCUT2D eigenvalue weighted by Gasteiger charge is 2.12. The van der Waals surface area contributed by atoms with E-state index in [0.717, 1.165) is 11.6 Å². The largest absolute Gasteiger partial charge is 0.457 e. The fraction of sp³-hybridized carbons (Fsp3) is 0.235. The van der Waals surface area contributed by atoms with Gasteiger partial charge in [0.15, 0.2) is 0 Å². The van der Waals surface area contributed by atoms with Crippen molar-refractivity contribution >= 4 is 11.7 Å². The number of nitrogens with two attached hydrogens (primary N) is 1. The van der Waals surface area contributed by atoms with Crippen LogP contribution in [0.1, 0.15) is 41.3 Å². The average molecular weight is 287 g/mol. The summed E-state index contributed by atoms with van der Waals surface area (Å²) in [5, 5.41) is 0. The van der Waals surface area contributed by atoms with E-state index >= 15 is 0 Å². The van der Waals surface area contributed by atoms with Crippen molar-refractivity contribution in [1.82, 2.24) is 0 Å². The van der Waals surface area contributed by atoms with Gasteiger partial charge in [0.1, 0.15) is 12.4 Å². The van der Waals surface area contributed by atoms with Gasteiger partial charge in [-0.2, -0.15) is 0 Å². The number of hydrogen-bond acceptors (Lipinski definition) is 3. The molecule has 0 saturated heterocycles. The minimum atomic E-state index is -0.555. The van der Waals surface area contributed by atoms with Crippen LogP contribution in [0, 0.1) is 5.82 Å². The Labute approximate surface area is 123 Å². The highest BCUT2D eigenvalue weighted by Crippen LogP contribution is 2.17. The number of benzene rings is 2. The maximum Gasteiger partial charge on any atom is 0.340 e. The maximum atomic E-state index is 12.9. The lowest BCUT2D eigenvalue weighted by Gasteiger charge is -2.09. The van der Waals surface area contributed by atoms with E-state index in [0.29, 0.717) is 5.92 Å². The Kier molecular flexibility index (Phi) is 4.58. The number of carbonyl (C=O) groups excluding carboxylic acids is 1. The molecule has 2 aromatic carbocycles. The monoisotopic (exact) mass is 287 g/mol. The van der Waals surface area contributed by atoms with Crippen LogP contribution in [0.15, 0.2) is 42.5 Å². The summed E-state index contributed by atoms with van der Waals surface area (Å²) in [6.07, 6.45) is 0. The lowest BCUT2D eigenvalue weighted by molar-refractivity contribution is 0.0474. The second kappa shape index (κ2) is 6.39. The Morgan fingerprint density at radius 2 is 1.86 bits per heavy atom. The summed E-state index contributed by atoms with van der Waals surface area (Å²) < 4.78 is 18.1. The minimum absolute atomic E-state index is 0.0788. The zero-order chi connectivity index (χ0) is 15.4. The topological polar surface area (TPSA) is 52.3 Å². The van der Waals surface area contributed by atoms with Crippen molar-refractivity contribution in [3.8, 4) is 0 Å². The van der Waals surface area contributed by atoms with Crippen LogP contribution in [-0.4, -0.2) is 5.97 Å². The van der Waals surface area contributed by atoms with Gasteiger partial charge in [0.2, 0.25) is 0 Å². The number of anilines is 1. The number of ether oxygens (including phenoxy) is 1. The van der Waals surface area contributed by atoms with E-state index in [1.807, 2.05) is 24.3 Å². The summed E-state index contributed by atoms with van der Waals surface area (Å²) in [7, 11) is 0. The first kappa shape index (κ1) is 15.0. The molecule has 0 aliphatic rings. The van der Waals surface area contributed by atoms with Gasteiger partial charge in [-0.25, -0.2) is 9.18 Å². The lowest BCUT2D eigenvalue weighted by Crippen LogP contribution is -2.08. The summed E-state index contributed by atoms with van der Waals surface area (Å²) in [5.41, 5.74) is 7.98. The molecule has 2 aromatic rings. The second-order valence-corrected chi connectivity index (χ2v) is 5.20. The second-order valence-electron chi connectivity index (χ2n) is 5.20. The summed E-state index contributed by atoms with van der Waals surface area (Å²) in [6, 6.07) is 11.5. The van der Waals surface area contributed by atoms with E-state index in [4.69, 9.17) is 10.5 Å². The molecule has 2 rings (SSSR count). The van der Waals surface area contributed by atoms with Crippen LogP contribution in [0.5, 0.6) is 0 Å². The molecule has 21 heavy (non-hydrogen) atoms. The molecule has 0 aliphatic heterocycles. The Hall–Kier alpha value is -2.36. The third-order valence-corrected chi connectivity index (χ3v) is 3.25. The number of nitrogen functional groups attached to an aromatic ring is 1. The molecule has 0 spiro atoms. The minimum Gasteiger partial charge on any atom is -0.457 e. The molecule has 0 atom stereocenters. The van der Waals surface area contributed by atoms with Gasteiger partial charge in [0.05, 0.1) is 5.56 Å². The van der Waals surface area contributed by atoms with Crippen LogP contribution in [0.3, 0.4) is 0 Å². The summed E-state index contributed by atoms with van der Waals surface area (Å²) in [6.45, 7) is 4.40. The maximum absolute atomic E-state index is 12.9. The summed E-state index contributed by atoms with van der Waals surface area (Å²) in [4.78, 5) is 11.9. The standard InChI is InChI=1S/C17H18FNO2/c1-11(2)13-5-3-12(4-6-13)10-21-17(20)15-8-7-14(18)9-16(15)19/h3-9,11H,10,19H2,1-2H3. The molecular formula is C17H18FNO2. The van der Waals surface area contributed by atoms with Gasteiger partial charge in [-0.05, 0) is 35.2 Å². The number of halogens is 1. The SMILES string of the molecule is CC(C)c1ccc(COC(=O)c2ccc(F)cc2N)cc1. The van der Waals surface area contributed by atoms with E-state index < -0.39 is 11.8 Å². The van der Waals surface area contributed by atoms with Gasteiger partial charge in [0.25, 0.3) is 0 Å². The van der Waals surface area contributed by atoms with Crippen molar-refractivity contribution in [2.45, 2.75) is 26.4 Å². The third-order valence-electron chi connectivity index (χ3n) is 3.25. The molecule has 0 radical (unpaired) electrons. The smallest absolute Gasteiger partial charge is 0.340 e. The molecule has 110 valence electrons. The Balaban J connectivity index is 2.00. The van der Waals surface area contributed by atoms with Crippen LogP contribution < -0.4 is 5.73 Å². The lowest BCUT2D eigenvalue weighted by atomic mass is 10.0. The summed E-state index contributed by atoms with van der Waals surface area (Å²) in [5.74, 6) is -0.575. The van der Waals surface area contributed by atoms with Crippen molar-refractivity contribution in [2.75, 3.05) is 5.73 Å². The van der Waals surface area contributed by atoms with E-state index in [1.165, 1.54) is 17.7 Å². The Morgan fingerprint density at radius 3 is 2.43 bits per heavy atom. The van der Waals surface area contributed by atoms with Crippen molar-refractivity contribution < 1.29 is 13.9 Å². The van der Waals surface area contributed by atoms with Crippen LogP contribution >= 0.6 is 0 Å². The van der Waals surface area contributed by atoms with E-state index in [-0.39, 0.29) is 17.9 Å². The Morgan fingerprint density at radius 1 is 1.19 bits per heavy atom. The van der Waals surface area contributed by atoms with Gasteiger partial charge in [-0.1, -0.05) is 38.1 Å². The first-order chi connectivity index (χ1) is 9.97. The third kappa shape index (κ3) is 3.81. The summed E-state index contributed by atoms with van der Waals surface area (Å²) >= 11 is 0. The van der Waals surface area contributed by atoms with Gasteiger partial charge < -0.3 is 10.5 Å². The van der Waals surface area contributed by atoms with Crippen LogP contribution in [0.4, 0.5) is 10.1 Å². The Bertz CT molecular complexity index is 636. The highest BCUT2D eigenvalue weighted by atomic mass is 19.1. The van der Waals surface area contributed by atoms with Crippen molar-refractivity contribution in [3.63, 3.8) is 0 Å². The van der Waals surface area contributed by atoms with Gasteiger partial charge >= 0.3 is 5.97 Å². The predicted molar refractivity (Wildman–Crippen MR) is 80.5 cm³/mol. The van der Waals surface area contributed by atoms with Crippen LogP contribution in [-0.2, 0) is 11.3 Å². The first-order valence-electron chi connectivity index (χ1n) is 6.78. The fourth-order valence-corrected chi connectivity index (χ4v) is 1.94. The van der Waals surface area contributed by atoms with E-state index in [9.17, 15) is 9.18 Å². The van der Waals surface area contributed by atoms with Gasteiger partial charge in [-0.3, -0.25) is 0 Å². The number of rotatable bonds is 4. The molecule has 0 amide bonds. The number of carbonyl (C=O) groups is 1. The average Bonchev–Trinajstić information content (AvgIpc) is 2.45. The van der Waals surface area contributed by atoms with Crippen LogP contribution in [0.25, 0.3) is 0 Å². The zero-order valence-electron chi connectivity index (χ0n) is 12.1. The van der Waals surface area contributed by atoms with Crippen molar-refractivity contribution in [1.29, 1.82) is 0 Å². The van der Waals surface area contributed by atoms with Crippen molar-refractivity contribution in [3.05, 3.63) is 65.0 Å². The number of esters is 1.